The van der Waals surface area contributed by atoms with Crippen LogP contribution in [0.1, 0.15) is 24.6 Å². The van der Waals surface area contributed by atoms with Crippen LogP contribution in [-0.4, -0.2) is 52.4 Å². The lowest BCUT2D eigenvalue weighted by Crippen LogP contribution is -2.75. The Kier molecular flexibility index (Phi) is 3.42. The zero-order valence-electron chi connectivity index (χ0n) is 15.5. The highest BCUT2D eigenvalue weighted by Crippen LogP contribution is 2.61. The monoisotopic (exact) mass is 368 g/mol. The number of carbonyl (C=O) groups excluding carboxylic acids is 1. The summed E-state index contributed by atoms with van der Waals surface area (Å²) in [5, 5.41) is 23.3. The fraction of sp³-hybridized carbons (Fsp3) is 0.476. The summed E-state index contributed by atoms with van der Waals surface area (Å²) < 4.78 is 5.17. The number of carbonyl (C=O) groups is 1. The van der Waals surface area contributed by atoms with Gasteiger partial charge in [-0.25, -0.2) is 0 Å². The number of para-hydroxylation sites is 1. The van der Waals surface area contributed by atoms with Crippen LogP contribution < -0.4 is 0 Å². The molecule has 5 atom stereocenters. The normalized spacial score (nSPS) is 38.2. The largest absolute Gasteiger partial charge is 0.468 e. The first-order valence-corrected chi connectivity index (χ1v) is 9.44. The van der Waals surface area contributed by atoms with Crippen LogP contribution >= 0.6 is 0 Å². The van der Waals surface area contributed by atoms with Gasteiger partial charge in [0.1, 0.15) is 5.41 Å². The summed E-state index contributed by atoms with van der Waals surface area (Å²) in [6.07, 6.45) is 2.96. The highest BCUT2D eigenvalue weighted by atomic mass is 16.5. The summed E-state index contributed by atoms with van der Waals surface area (Å²) in [6.45, 7) is 2.25. The number of fused-ring (bicyclic) bond motifs is 4. The maximum atomic E-state index is 13.0. The number of allylic oxidation sites excluding steroid dienone is 1. The van der Waals surface area contributed by atoms with Crippen molar-refractivity contribution < 1.29 is 19.7 Å². The zero-order valence-corrected chi connectivity index (χ0v) is 15.5. The molecule has 0 aliphatic carbocycles. The van der Waals surface area contributed by atoms with Gasteiger partial charge in [0.25, 0.3) is 0 Å². The number of H-pyrrole nitrogens is 1. The van der Waals surface area contributed by atoms with E-state index >= 15 is 0 Å². The molecule has 3 N–H and O–H groups in total. The Morgan fingerprint density at radius 2 is 2.22 bits per heavy atom. The second-order valence-electron chi connectivity index (χ2n) is 8.00. The van der Waals surface area contributed by atoms with Crippen molar-refractivity contribution in [3.8, 4) is 0 Å². The summed E-state index contributed by atoms with van der Waals surface area (Å²) >= 11 is 0. The number of nitrogens with zero attached hydrogens (tertiary/aromatic N) is 1. The highest BCUT2D eigenvalue weighted by molar-refractivity contribution is 5.86. The Labute approximate surface area is 157 Å². The molecule has 4 aliphatic heterocycles. The van der Waals surface area contributed by atoms with Gasteiger partial charge in [0, 0.05) is 35.8 Å². The van der Waals surface area contributed by atoms with Crippen molar-refractivity contribution in [3.63, 3.8) is 0 Å². The minimum atomic E-state index is -1.17. The smallest absolute Gasteiger partial charge is 0.316 e. The van der Waals surface area contributed by atoms with Crippen LogP contribution in [0.3, 0.4) is 0 Å². The van der Waals surface area contributed by atoms with E-state index in [0.29, 0.717) is 19.4 Å². The average Bonchev–Trinajstić information content (AvgIpc) is 3.07. The molecule has 3 fully saturated rings. The first-order chi connectivity index (χ1) is 13.0. The molecule has 0 spiro atoms. The summed E-state index contributed by atoms with van der Waals surface area (Å²) in [5.41, 5.74) is 1.71. The van der Waals surface area contributed by atoms with Crippen molar-refractivity contribution in [2.75, 3.05) is 20.3 Å². The van der Waals surface area contributed by atoms with E-state index in [-0.39, 0.29) is 18.6 Å². The third kappa shape index (κ3) is 1.83. The topological polar surface area (TPSA) is 85.8 Å². The molecule has 1 aromatic carbocycles. The molecule has 6 nitrogen and oxygen atoms in total. The standard InChI is InChI=1S/C21H24N2O4/c1-3-12-10-23-17-8-14-13-6-4-5-7-16(13)22-18(14)21(23,26)9-15(12)20(17,11-24)19(25)27-2/h3-7,15,17,22,24,26H,8-11H2,1-2H3/t15-,17?,20-,21-/m1/s1. The lowest BCUT2D eigenvalue weighted by atomic mass is 9.54. The first-order valence-electron chi connectivity index (χ1n) is 9.44. The first kappa shape index (κ1) is 17.0. The van der Waals surface area contributed by atoms with Gasteiger partial charge in [-0.3, -0.25) is 9.69 Å². The van der Waals surface area contributed by atoms with Crippen molar-refractivity contribution >= 4 is 16.9 Å². The summed E-state index contributed by atoms with van der Waals surface area (Å²) in [4.78, 5) is 18.4. The summed E-state index contributed by atoms with van der Waals surface area (Å²) in [6, 6.07) is 7.69. The number of aliphatic hydroxyl groups excluding tert-OH is 1. The molecule has 27 heavy (non-hydrogen) atoms. The molecular weight excluding hydrogens is 344 g/mol. The maximum absolute atomic E-state index is 13.0. The fourth-order valence-electron chi connectivity index (χ4n) is 5.89. The molecule has 3 saturated heterocycles. The van der Waals surface area contributed by atoms with Crippen molar-refractivity contribution in [1.82, 2.24) is 9.88 Å². The van der Waals surface area contributed by atoms with Gasteiger partial charge in [-0.05, 0) is 25.0 Å². The Hall–Kier alpha value is -2.15. The van der Waals surface area contributed by atoms with Gasteiger partial charge >= 0.3 is 5.97 Å². The van der Waals surface area contributed by atoms with Crippen molar-refractivity contribution in [1.29, 1.82) is 0 Å². The van der Waals surface area contributed by atoms with Crippen LogP contribution in [0.2, 0.25) is 0 Å². The molecule has 0 radical (unpaired) electrons. The molecule has 2 aromatic rings. The molecular formula is C21H24N2O4. The molecule has 5 heterocycles. The second-order valence-corrected chi connectivity index (χ2v) is 8.00. The predicted octanol–water partition coefficient (Wildman–Crippen LogP) is 1.67. The van der Waals surface area contributed by atoms with Gasteiger partial charge in [-0.15, -0.1) is 0 Å². The van der Waals surface area contributed by atoms with E-state index in [2.05, 4.69) is 4.98 Å². The Bertz CT molecular complexity index is 980. The van der Waals surface area contributed by atoms with E-state index in [1.165, 1.54) is 7.11 Å². The van der Waals surface area contributed by atoms with E-state index in [4.69, 9.17) is 4.74 Å². The van der Waals surface area contributed by atoms with Crippen LogP contribution in [0.5, 0.6) is 0 Å². The number of esters is 1. The quantitative estimate of drug-likeness (QED) is 0.555. The lowest BCUT2D eigenvalue weighted by Gasteiger charge is -2.65. The number of hydrogen-bond acceptors (Lipinski definition) is 5. The second kappa shape index (κ2) is 5.44. The number of methoxy groups -OCH3 is 1. The minimum absolute atomic E-state index is 0.250. The van der Waals surface area contributed by atoms with Crippen LogP contribution in [0.15, 0.2) is 35.9 Å². The van der Waals surface area contributed by atoms with E-state index in [0.717, 1.165) is 27.7 Å². The van der Waals surface area contributed by atoms with Gasteiger partial charge < -0.3 is 19.9 Å². The minimum Gasteiger partial charge on any atom is -0.468 e. The number of aromatic nitrogens is 1. The maximum Gasteiger partial charge on any atom is 0.316 e. The number of ether oxygens (including phenoxy) is 1. The third-order valence-corrected chi connectivity index (χ3v) is 7.17. The number of hydrogen-bond donors (Lipinski definition) is 3. The number of aromatic amines is 1. The number of rotatable bonds is 2. The molecule has 6 rings (SSSR count). The van der Waals surface area contributed by atoms with Gasteiger partial charge in [0.15, 0.2) is 5.72 Å². The van der Waals surface area contributed by atoms with E-state index < -0.39 is 17.1 Å². The van der Waals surface area contributed by atoms with Crippen molar-refractivity contribution in [2.45, 2.75) is 31.5 Å². The summed E-state index contributed by atoms with van der Waals surface area (Å²) in [5.74, 6) is -0.645. The van der Waals surface area contributed by atoms with Gasteiger partial charge in [0.05, 0.1) is 19.4 Å². The Morgan fingerprint density at radius 1 is 1.44 bits per heavy atom. The Balaban J connectivity index is 1.78. The zero-order chi connectivity index (χ0) is 19.0. The number of piperidine rings is 3. The highest BCUT2D eigenvalue weighted by Gasteiger charge is 2.69. The van der Waals surface area contributed by atoms with Gasteiger partial charge in [-0.1, -0.05) is 29.8 Å². The van der Waals surface area contributed by atoms with Crippen LogP contribution in [-0.2, 0) is 21.7 Å². The van der Waals surface area contributed by atoms with Crippen LogP contribution in [0.4, 0.5) is 0 Å². The van der Waals surface area contributed by atoms with E-state index in [9.17, 15) is 15.0 Å². The number of aliphatic hydroxyl groups is 2. The van der Waals surface area contributed by atoms with Crippen molar-refractivity contribution in [3.05, 3.63) is 47.2 Å². The molecule has 142 valence electrons. The van der Waals surface area contributed by atoms with Crippen LogP contribution in [0.25, 0.3) is 10.9 Å². The molecule has 6 heteroatoms. The third-order valence-electron chi connectivity index (χ3n) is 7.17. The Morgan fingerprint density at radius 3 is 2.93 bits per heavy atom. The molecule has 2 unspecified atom stereocenters. The van der Waals surface area contributed by atoms with Crippen molar-refractivity contribution in [2.24, 2.45) is 11.3 Å². The SMILES string of the molecule is CC=C1CN2C3Cc4c([nH]c5ccccc45)[C@]2(O)C[C@H]1[C@@]3(CO)C(=O)OC. The molecule has 1 aromatic heterocycles. The van der Waals surface area contributed by atoms with Crippen LogP contribution in [0, 0.1) is 11.3 Å². The van der Waals surface area contributed by atoms with Gasteiger partial charge in [0.2, 0.25) is 0 Å². The molecule has 0 amide bonds. The molecule has 0 saturated carbocycles. The molecule has 4 aliphatic rings. The number of nitrogens with one attached hydrogen (secondary N) is 1. The van der Waals surface area contributed by atoms with Gasteiger partial charge in [-0.2, -0.15) is 0 Å². The average molecular weight is 368 g/mol. The number of benzene rings is 1. The van der Waals surface area contributed by atoms with E-state index in [1.807, 2.05) is 42.2 Å². The lowest BCUT2D eigenvalue weighted by molar-refractivity contribution is -0.252. The molecule has 4 bridgehead atoms. The fourth-order valence-corrected chi connectivity index (χ4v) is 5.89. The summed E-state index contributed by atoms with van der Waals surface area (Å²) in [7, 11) is 1.37. The predicted molar refractivity (Wildman–Crippen MR) is 99.8 cm³/mol. The van der Waals surface area contributed by atoms with E-state index in [1.54, 1.807) is 0 Å².